The van der Waals surface area contributed by atoms with Crippen LogP contribution in [0.4, 0.5) is 17.6 Å². The molecule has 0 unspecified atom stereocenters. The van der Waals surface area contributed by atoms with Gasteiger partial charge in [-0.05, 0) is 66.9 Å². The Morgan fingerprint density at radius 3 is 1.17 bits per heavy atom. The topological polar surface area (TPSA) is 79.8 Å². The maximum atomic E-state index is 13.2. The molecule has 4 aromatic carbocycles. The summed E-state index contributed by atoms with van der Waals surface area (Å²) in [4.78, 5) is 26.4. The first-order valence-electron chi connectivity index (χ1n) is 19.9. The monoisotopic (exact) mass is 1220 g/mol. The minimum Gasteiger partial charge on any atom is -0.439 e. The standard InChI is InChI=1S/2C15H15N2.2C11H6F2N.2Pt/c2*1-15(2,3)13-9-8-11-10-6-4-5-7-12(10)16-14(11)17-13;2*12-8-4-5-9(10(13)7-8)11-3-1-2-6-14-11;;/h2*4-9H,1-3H3;2*1-4,6-7H;;/q4*-1;2*+2. The number of benzene rings is 4. The van der Waals surface area contributed by atoms with Crippen LogP contribution in [0.1, 0.15) is 52.9 Å². The van der Waals surface area contributed by atoms with Crippen molar-refractivity contribution in [3.8, 4) is 22.5 Å². The average Bonchev–Trinajstić information content (AvgIpc) is 3.82. The Bertz CT molecular complexity index is 2890. The summed E-state index contributed by atoms with van der Waals surface area (Å²) in [6.45, 7) is 13.0. The van der Waals surface area contributed by atoms with E-state index in [4.69, 9.17) is 0 Å². The fourth-order valence-corrected chi connectivity index (χ4v) is 6.45. The van der Waals surface area contributed by atoms with Gasteiger partial charge in [0.05, 0.1) is 0 Å². The maximum Gasteiger partial charge on any atom is 2.00 e. The zero-order valence-electron chi connectivity index (χ0n) is 35.7. The number of rotatable bonds is 2. The Morgan fingerprint density at radius 1 is 0.453 bits per heavy atom. The van der Waals surface area contributed by atoms with Crippen molar-refractivity contribution < 1.29 is 59.7 Å². The van der Waals surface area contributed by atoms with E-state index in [1.54, 1.807) is 48.8 Å². The first-order valence-corrected chi connectivity index (χ1v) is 19.9. The van der Waals surface area contributed by atoms with Crippen LogP contribution in [-0.2, 0) is 53.0 Å². The third-order valence-electron chi connectivity index (χ3n) is 9.69. The van der Waals surface area contributed by atoms with E-state index in [1.165, 1.54) is 10.8 Å². The molecular weight excluding hydrogens is 1170 g/mol. The summed E-state index contributed by atoms with van der Waals surface area (Å²) in [7, 11) is 0. The van der Waals surface area contributed by atoms with Gasteiger partial charge in [0, 0.05) is 35.7 Å². The van der Waals surface area contributed by atoms with Crippen molar-refractivity contribution in [2.45, 2.75) is 52.4 Å². The number of pyridine rings is 4. The molecule has 0 bridgehead atoms. The van der Waals surface area contributed by atoms with Gasteiger partial charge in [0.25, 0.3) is 0 Å². The number of aromatic nitrogens is 6. The van der Waals surface area contributed by atoms with Crippen molar-refractivity contribution in [1.29, 1.82) is 0 Å². The Morgan fingerprint density at radius 2 is 0.828 bits per heavy atom. The van der Waals surface area contributed by atoms with Crippen LogP contribution < -0.4 is 9.97 Å². The Hall–Kier alpha value is -5.82. The van der Waals surface area contributed by atoms with Gasteiger partial charge >= 0.3 is 42.1 Å². The van der Waals surface area contributed by atoms with E-state index in [9.17, 15) is 17.6 Å². The zero-order chi connectivity index (χ0) is 44.0. The van der Waals surface area contributed by atoms with Gasteiger partial charge < -0.3 is 29.9 Å². The van der Waals surface area contributed by atoms with Crippen molar-refractivity contribution in [1.82, 2.24) is 29.9 Å². The van der Waals surface area contributed by atoms with E-state index in [0.29, 0.717) is 11.4 Å². The molecule has 6 aromatic heterocycles. The molecule has 0 radical (unpaired) electrons. The van der Waals surface area contributed by atoms with E-state index in [0.717, 1.165) is 68.8 Å². The molecule has 6 nitrogen and oxygen atoms in total. The minimum absolute atomic E-state index is 0. The Balaban J connectivity index is 0.000000160. The third-order valence-corrected chi connectivity index (χ3v) is 9.69. The number of para-hydroxylation sites is 2. The molecule has 0 saturated carbocycles. The van der Waals surface area contributed by atoms with E-state index in [1.807, 2.05) is 36.4 Å². The molecule has 0 aliphatic carbocycles. The first-order chi connectivity index (χ1) is 29.7. The van der Waals surface area contributed by atoms with E-state index in [2.05, 4.69) is 120 Å². The number of fused-ring (bicyclic) bond motifs is 6. The number of hydrogen-bond donors (Lipinski definition) is 0. The van der Waals surface area contributed by atoms with E-state index < -0.39 is 23.3 Å². The third kappa shape index (κ3) is 11.8. The molecule has 0 amide bonds. The molecule has 0 N–H and O–H groups in total. The predicted octanol–water partition coefficient (Wildman–Crippen LogP) is 12.9. The quantitative estimate of drug-likeness (QED) is 0.127. The molecule has 10 aromatic rings. The summed E-state index contributed by atoms with van der Waals surface area (Å²) in [5, 5.41) is 4.67. The van der Waals surface area contributed by atoms with Crippen molar-refractivity contribution >= 4 is 43.9 Å². The molecule has 0 fully saturated rings. The van der Waals surface area contributed by atoms with Gasteiger partial charge in [0.2, 0.25) is 0 Å². The fourth-order valence-electron chi connectivity index (χ4n) is 6.45. The SMILES string of the molecule is CC(C)(C)c1ccc2c(n1)[n-]c1ccccc12.CC(C)(C)c1ccc2c(n1)[n-]c1ccccc12.Fc1c[c-]c(-c2ccccn2)c(F)c1.Fc1c[c-]c(-c2ccccn2)c(F)c1.[Pt+2].[Pt+2]. The van der Waals surface area contributed by atoms with Crippen LogP contribution in [0.3, 0.4) is 0 Å². The Kier molecular flexibility index (Phi) is 16.3. The number of nitrogens with zero attached hydrogens (tertiary/aromatic N) is 6. The first kappa shape index (κ1) is 49.2. The maximum absolute atomic E-state index is 13.2. The largest absolute Gasteiger partial charge is 2.00 e. The van der Waals surface area contributed by atoms with E-state index >= 15 is 0 Å². The second-order valence-corrected chi connectivity index (χ2v) is 16.4. The molecule has 0 atom stereocenters. The molecule has 328 valence electrons. The Labute approximate surface area is 398 Å². The summed E-state index contributed by atoms with van der Waals surface area (Å²) in [5.41, 5.74) is 7.37. The van der Waals surface area contributed by atoms with Crippen molar-refractivity contribution in [3.63, 3.8) is 0 Å². The van der Waals surface area contributed by atoms with Crippen LogP contribution in [0.25, 0.3) is 66.4 Å². The van der Waals surface area contributed by atoms with Gasteiger partial charge in [0.15, 0.2) is 0 Å². The van der Waals surface area contributed by atoms with Gasteiger partial charge in [-0.2, -0.15) is 0 Å². The summed E-state index contributed by atoms with van der Waals surface area (Å²) < 4.78 is 51.6. The van der Waals surface area contributed by atoms with Crippen molar-refractivity contribution in [3.05, 3.63) is 193 Å². The van der Waals surface area contributed by atoms with Gasteiger partial charge in [-0.25, -0.2) is 0 Å². The molecule has 64 heavy (non-hydrogen) atoms. The molecule has 0 saturated heterocycles. The van der Waals surface area contributed by atoms with Crippen LogP contribution in [0.5, 0.6) is 0 Å². The summed E-state index contributed by atoms with van der Waals surface area (Å²) >= 11 is 0. The van der Waals surface area contributed by atoms with Crippen molar-refractivity contribution in [2.75, 3.05) is 0 Å². The van der Waals surface area contributed by atoms with Crippen LogP contribution in [0.15, 0.2) is 146 Å². The van der Waals surface area contributed by atoms with Crippen LogP contribution in [0.2, 0.25) is 0 Å². The molecule has 0 spiro atoms. The molecule has 0 aliphatic rings. The average molecular weight is 1220 g/mol. The number of hydrogen-bond acceptors (Lipinski definition) is 4. The summed E-state index contributed by atoms with van der Waals surface area (Å²) in [6.07, 6.45) is 3.10. The normalized spacial score (nSPS) is 11.0. The van der Waals surface area contributed by atoms with Gasteiger partial charge in [0.1, 0.15) is 0 Å². The van der Waals surface area contributed by atoms with Gasteiger partial charge in [-0.1, -0.05) is 185 Å². The fraction of sp³-hybridized carbons (Fsp3) is 0.154. The molecule has 12 heteroatoms. The summed E-state index contributed by atoms with van der Waals surface area (Å²) in [6, 6.07) is 43.9. The predicted molar refractivity (Wildman–Crippen MR) is 239 cm³/mol. The van der Waals surface area contributed by atoms with Crippen LogP contribution in [-0.4, -0.2) is 19.9 Å². The second kappa shape index (κ2) is 21.2. The minimum atomic E-state index is -0.649. The zero-order valence-corrected chi connectivity index (χ0v) is 40.2. The molecule has 0 aliphatic heterocycles. The van der Waals surface area contributed by atoms with Crippen molar-refractivity contribution in [2.24, 2.45) is 0 Å². The smallest absolute Gasteiger partial charge is 0.439 e. The van der Waals surface area contributed by atoms with Gasteiger partial charge in [-0.3, -0.25) is 17.6 Å². The van der Waals surface area contributed by atoms with Crippen LogP contribution in [0, 0.1) is 35.4 Å². The molecule has 6 heterocycles. The van der Waals surface area contributed by atoms with Gasteiger partial charge in [-0.15, -0.1) is 24.3 Å². The van der Waals surface area contributed by atoms with Crippen LogP contribution >= 0.6 is 0 Å². The molecule has 10 rings (SSSR count). The second-order valence-electron chi connectivity index (χ2n) is 16.4. The van der Waals surface area contributed by atoms with E-state index in [-0.39, 0.29) is 64.1 Å². The molecular formula is C52H42F4N6Pt2. The summed E-state index contributed by atoms with van der Waals surface area (Å²) in [5.74, 6) is -2.57. The number of halogens is 4.